The molecular weight excluding hydrogens is 1790 g/mol. The number of fused-ring (bicyclic) bond motifs is 12. The summed E-state index contributed by atoms with van der Waals surface area (Å²) in [7, 11) is 0. The van der Waals surface area contributed by atoms with E-state index >= 15 is 0 Å². The van der Waals surface area contributed by atoms with Crippen LogP contribution < -0.4 is 48.2 Å². The van der Waals surface area contributed by atoms with Gasteiger partial charge in [-0.15, -0.1) is 0 Å². The lowest BCUT2D eigenvalue weighted by molar-refractivity contribution is -0.158. The van der Waals surface area contributed by atoms with Crippen LogP contribution in [-0.2, 0) is 95.6 Å². The lowest BCUT2D eigenvalue weighted by Gasteiger charge is -2.35. The third-order valence-electron chi connectivity index (χ3n) is 24.4. The Labute approximate surface area is 810 Å². The molecule has 37 nitrogen and oxygen atoms in total. The average molecular weight is 1930 g/mol. The van der Waals surface area contributed by atoms with Crippen molar-refractivity contribution in [2.75, 3.05) is 19.6 Å². The SMILES string of the molecule is CC(C)[C@@H]1NC(=O)[C@@H]([C@H](C)O)/C=C/c2ccc3ccc(nc3c2)[C@@H](C)OC(=O)[C@@H]2CCCN(N2)C(=O)[C@H](C)NC1=O.CCCC(=O)O.CCCC(=O)O[C@@H](C)[C@H]1/C=C/c2ccc3ccc(nc3c2)[C@@H](C)OC(=O)[C@@H]2CCCN(N2)C(=O)[C@H](C)NC(=O)[C@H](C(C)C)NC1=O.CCCC(=O)O[C@@H](C)[C@H]1/C=C/c2ccc3ccc(nc3c2)[C@@H](C)OC(=O)[C@@H]2CCCN(N2)C(=O)[C@H](C)NC(=O)[C@H](C(C)C)NC1=O. The van der Waals surface area contributed by atoms with E-state index in [1.807, 2.05) is 93.6 Å². The highest BCUT2D eigenvalue weighted by Crippen LogP contribution is 2.30. The smallest absolute Gasteiger partial charge is 0.325 e. The number of nitrogens with one attached hydrogen (secondary N) is 9. The predicted octanol–water partition coefficient (Wildman–Crippen LogP) is 9.58. The number of carbonyl (C=O) groups excluding carboxylic acids is 14. The van der Waals surface area contributed by atoms with E-state index in [1.165, 1.54) is 22.0 Å². The molecule has 18 atom stereocenters. The van der Waals surface area contributed by atoms with Crippen molar-refractivity contribution in [2.24, 2.45) is 35.5 Å². The number of esters is 5. The van der Waals surface area contributed by atoms with Crippen LogP contribution in [0.25, 0.3) is 50.9 Å². The van der Waals surface area contributed by atoms with Crippen molar-refractivity contribution >= 4 is 140 Å². The number of rotatable bonds is 14. The lowest BCUT2D eigenvalue weighted by Crippen LogP contribution is -2.61. The van der Waals surface area contributed by atoms with Crippen molar-refractivity contribution in [3.05, 3.63) is 143 Å². The van der Waals surface area contributed by atoms with E-state index in [0.717, 1.165) is 39.3 Å². The van der Waals surface area contributed by atoms with E-state index in [-0.39, 0.29) is 30.6 Å². The number of pyridine rings is 3. The van der Waals surface area contributed by atoms with Gasteiger partial charge < -0.3 is 65.8 Å². The number of nitrogens with zero attached hydrogens (tertiary/aromatic N) is 6. The highest BCUT2D eigenvalue weighted by atomic mass is 16.6. The van der Waals surface area contributed by atoms with Crippen LogP contribution >= 0.6 is 0 Å². The molecule has 0 spiro atoms. The number of aliphatic hydroxyl groups excluding tert-OH is 1. The van der Waals surface area contributed by atoms with E-state index in [1.54, 1.807) is 152 Å². The molecule has 9 amide bonds. The number of carboxylic acid groups (broad SMARTS) is 1. The van der Waals surface area contributed by atoms with Crippen LogP contribution in [-0.4, -0.2) is 221 Å². The molecule has 3 aromatic heterocycles. The molecule has 3 aromatic carbocycles. The highest BCUT2D eigenvalue weighted by Gasteiger charge is 2.41. The second kappa shape index (κ2) is 51.6. The summed E-state index contributed by atoms with van der Waals surface area (Å²) < 4.78 is 28.5. The second-order valence-electron chi connectivity index (χ2n) is 37.1. The van der Waals surface area contributed by atoms with Crippen molar-refractivity contribution in [2.45, 2.75) is 293 Å². The van der Waals surface area contributed by atoms with Crippen LogP contribution in [0.5, 0.6) is 0 Å². The van der Waals surface area contributed by atoms with Gasteiger partial charge in [-0.25, -0.2) is 31.2 Å². The zero-order chi connectivity index (χ0) is 102. The number of aliphatic hydroxyl groups is 1. The van der Waals surface area contributed by atoms with Crippen LogP contribution in [0.3, 0.4) is 0 Å². The largest absolute Gasteiger partial charge is 0.481 e. The van der Waals surface area contributed by atoms with Crippen LogP contribution in [0, 0.1) is 35.5 Å². The molecule has 3 fully saturated rings. The topological polar surface area (TPSA) is 499 Å². The molecule has 139 heavy (non-hydrogen) atoms. The third-order valence-corrected chi connectivity index (χ3v) is 24.4. The van der Waals surface area contributed by atoms with Gasteiger partial charge in [0.15, 0.2) is 0 Å². The molecule has 12 rings (SSSR count). The summed E-state index contributed by atoms with van der Waals surface area (Å²) in [4.78, 5) is 209. The molecule has 37 heteroatoms. The van der Waals surface area contributed by atoms with Crippen LogP contribution in [0.4, 0.5) is 0 Å². The summed E-state index contributed by atoms with van der Waals surface area (Å²) in [6.45, 7) is 32.0. The Morgan fingerprint density at radius 2 is 0.662 bits per heavy atom. The summed E-state index contributed by atoms with van der Waals surface area (Å²) >= 11 is 0. The molecule has 0 aliphatic carbocycles. The van der Waals surface area contributed by atoms with Gasteiger partial charge >= 0.3 is 35.8 Å². The molecular formula is C102H137N15O22. The summed E-state index contributed by atoms with van der Waals surface area (Å²) in [5, 5.41) is 41.5. The fourth-order valence-corrected chi connectivity index (χ4v) is 16.2. The Balaban J connectivity index is 0.000000226. The minimum absolute atomic E-state index is 0.213. The van der Waals surface area contributed by atoms with Crippen molar-refractivity contribution in [1.29, 1.82) is 0 Å². The fraction of sp³-hybridized carbons (Fsp3) is 0.529. The number of benzene rings is 3. The maximum atomic E-state index is 13.8. The number of carboxylic acids is 1. The molecule has 6 aromatic rings. The Bertz CT molecular complexity index is 5290. The number of aromatic nitrogens is 3. The van der Waals surface area contributed by atoms with Gasteiger partial charge in [-0.3, -0.25) is 86.9 Å². The van der Waals surface area contributed by atoms with E-state index in [9.17, 15) is 77.0 Å². The van der Waals surface area contributed by atoms with Crippen molar-refractivity contribution in [1.82, 2.24) is 78.2 Å². The quantitative estimate of drug-likeness (QED) is 0.0357. The second-order valence-corrected chi connectivity index (χ2v) is 37.1. The number of cyclic esters (lactones) is 3. The van der Waals surface area contributed by atoms with Crippen molar-refractivity contribution in [3.63, 3.8) is 0 Å². The number of hydrazine groups is 3. The highest BCUT2D eigenvalue weighted by molar-refractivity contribution is 5.97. The fourth-order valence-electron chi connectivity index (χ4n) is 16.2. The minimum Gasteiger partial charge on any atom is -0.481 e. The maximum absolute atomic E-state index is 13.8. The van der Waals surface area contributed by atoms with Crippen LogP contribution in [0.1, 0.15) is 254 Å². The predicted molar refractivity (Wildman–Crippen MR) is 518 cm³/mol. The monoisotopic (exact) mass is 1920 g/mol. The van der Waals surface area contributed by atoms with Gasteiger partial charge in [0.1, 0.15) is 84.9 Å². The molecule has 3 saturated heterocycles. The van der Waals surface area contributed by atoms with E-state index < -0.39 is 198 Å². The standard InChI is InChI=1S/2C34H45N5O7.C30H39N5O6.C4H8O2/c2*1-7-9-29(40)45-21(5)25-15-12-23-11-13-24-14-16-26(36-28(24)18-23)22(6)46-34(44)27-10-8-17-39(38-27)33(43)20(4)35-32(42)30(19(2)3)37-31(25)41;1-16(2)26-28(38)31-17(3)29(39)35-14-6-7-24(34-35)30(40)41-19(5)23-13-11-21-10-8-20(15-25(21)32-23)9-12-22(18(4)36)27(37)33-26;1-2-3-4(5)6/h2*11-16,18-22,25,27,30,38H,7-10,17H2,1-6H3,(H,35,42)(H,37,41);8-13,15-19,22,24,26,34,36H,6-7,14H2,1-5H3,(H,31,38)(H,33,37);2-3H2,1H3,(H,5,6)/b2*15-12+;12-9+;/t2*20-,21-,22+,25+,27-,30-;17-,18-,19+,22+,24-,26-;/m000./s1. The molecule has 9 heterocycles. The van der Waals surface area contributed by atoms with Gasteiger partial charge in [-0.1, -0.05) is 153 Å². The number of hydrogen-bond donors (Lipinski definition) is 11. The van der Waals surface area contributed by atoms with Gasteiger partial charge in [-0.2, -0.15) is 0 Å². The first-order valence-corrected chi connectivity index (χ1v) is 48.2. The van der Waals surface area contributed by atoms with E-state index in [2.05, 4.69) is 48.2 Å². The summed E-state index contributed by atoms with van der Waals surface area (Å²) in [6.07, 6.45) is 11.3. The van der Waals surface area contributed by atoms with Gasteiger partial charge in [0.25, 0.3) is 17.7 Å². The first-order chi connectivity index (χ1) is 65.9. The number of carbonyl (C=O) groups is 15. The molecule has 752 valence electrons. The van der Waals surface area contributed by atoms with Gasteiger partial charge in [0, 0.05) is 55.1 Å². The van der Waals surface area contributed by atoms with E-state index in [4.69, 9.17) is 43.7 Å². The number of aliphatic carboxylic acids is 1. The van der Waals surface area contributed by atoms with E-state index in [0.29, 0.717) is 111 Å². The van der Waals surface area contributed by atoms with Crippen molar-refractivity contribution in [3.8, 4) is 0 Å². The molecule has 15 bridgehead atoms. The molecule has 6 aliphatic heterocycles. The Morgan fingerprint density at radius 1 is 0.388 bits per heavy atom. The number of ether oxygens (including phenoxy) is 5. The molecule has 0 radical (unpaired) electrons. The van der Waals surface area contributed by atoms with Gasteiger partial charge in [0.05, 0.1) is 57.5 Å². The summed E-state index contributed by atoms with van der Waals surface area (Å²) in [6, 6.07) is 20.0. The molecule has 0 saturated carbocycles. The number of amides is 9. The van der Waals surface area contributed by atoms with Crippen LogP contribution in [0.2, 0.25) is 0 Å². The van der Waals surface area contributed by atoms with Gasteiger partial charge in [0.2, 0.25) is 35.4 Å². The summed E-state index contributed by atoms with van der Waals surface area (Å²) in [5.41, 5.74) is 14.8. The maximum Gasteiger partial charge on any atom is 0.325 e. The molecule has 11 N–H and O–H groups in total. The van der Waals surface area contributed by atoms with Gasteiger partial charge in [-0.05, 0) is 191 Å². The number of hydrogen-bond acceptors (Lipinski definition) is 27. The summed E-state index contributed by atoms with van der Waals surface area (Å²) in [5.74, 6) is -11.2. The molecule has 6 aliphatic rings. The Morgan fingerprint density at radius 3 is 0.921 bits per heavy atom. The normalized spacial score (nSPS) is 26.0. The Kier molecular flexibility index (Phi) is 40.7. The first-order valence-electron chi connectivity index (χ1n) is 48.2. The third kappa shape index (κ3) is 31.0. The minimum atomic E-state index is -1.02. The lowest BCUT2D eigenvalue weighted by atomic mass is 9.97. The zero-order valence-corrected chi connectivity index (χ0v) is 82.6. The van der Waals surface area contributed by atoms with Crippen molar-refractivity contribution < 1.29 is 106 Å². The Hall–Kier alpha value is -13.0. The molecule has 0 unspecified atom stereocenters. The first kappa shape index (κ1) is 110. The zero-order valence-electron chi connectivity index (χ0n) is 82.6. The van der Waals surface area contributed by atoms with Crippen LogP contribution in [0.15, 0.2) is 109 Å². The average Bonchev–Trinajstić information content (AvgIpc) is 0.824.